The number of unbranched alkanes of at least 4 members (excludes halogenated alkanes) is 1. The van der Waals surface area contributed by atoms with Gasteiger partial charge in [0.25, 0.3) is 0 Å². The summed E-state index contributed by atoms with van der Waals surface area (Å²) in [5.74, 6) is 1.93. The molecule has 0 aromatic carbocycles. The molecule has 6 nitrogen and oxygen atoms in total. The Bertz CT molecular complexity index is 542. The molecule has 1 aliphatic rings. The number of aliphatic imine (C=N–C) groups is 1. The zero-order valence-electron chi connectivity index (χ0n) is 16.1. The molecule has 0 aliphatic heterocycles. The molecule has 6 heteroatoms. The van der Waals surface area contributed by atoms with Crippen molar-refractivity contribution in [1.29, 1.82) is 0 Å². The fourth-order valence-electron chi connectivity index (χ4n) is 3.42. The molecule has 25 heavy (non-hydrogen) atoms. The van der Waals surface area contributed by atoms with E-state index >= 15 is 0 Å². The van der Waals surface area contributed by atoms with Gasteiger partial charge in [-0.15, -0.1) is 0 Å². The maximum Gasteiger partial charge on any atom is 0.191 e. The van der Waals surface area contributed by atoms with Gasteiger partial charge in [-0.25, -0.2) is 4.98 Å². The maximum absolute atomic E-state index is 10.3. The van der Waals surface area contributed by atoms with Gasteiger partial charge in [0.05, 0.1) is 12.6 Å². The SMILES string of the molecule is CCNC(=NCC1(C)CCCCC1O)NCCCCn1ccnc1C. The fourth-order valence-corrected chi connectivity index (χ4v) is 3.42. The number of guanidine groups is 1. The lowest BCUT2D eigenvalue weighted by Gasteiger charge is -2.37. The first kappa shape index (κ1) is 19.8. The Morgan fingerprint density at radius 1 is 1.40 bits per heavy atom. The van der Waals surface area contributed by atoms with Crippen LogP contribution in [-0.2, 0) is 6.54 Å². The Morgan fingerprint density at radius 3 is 2.92 bits per heavy atom. The highest BCUT2D eigenvalue weighted by atomic mass is 16.3. The molecule has 1 aromatic rings. The summed E-state index contributed by atoms with van der Waals surface area (Å²) in [6.07, 6.45) is 10.1. The number of aromatic nitrogens is 2. The van der Waals surface area contributed by atoms with E-state index in [4.69, 9.17) is 4.99 Å². The van der Waals surface area contributed by atoms with Gasteiger partial charge in [0.1, 0.15) is 5.82 Å². The maximum atomic E-state index is 10.3. The van der Waals surface area contributed by atoms with E-state index in [2.05, 4.69) is 34.0 Å². The molecule has 142 valence electrons. The topological polar surface area (TPSA) is 74.5 Å². The first-order valence-corrected chi connectivity index (χ1v) is 9.73. The van der Waals surface area contributed by atoms with Gasteiger partial charge < -0.3 is 20.3 Å². The summed E-state index contributed by atoms with van der Waals surface area (Å²) in [5.41, 5.74) is -0.0838. The zero-order chi connectivity index (χ0) is 18.1. The predicted octanol–water partition coefficient (Wildman–Crippen LogP) is 2.47. The van der Waals surface area contributed by atoms with Crippen molar-refractivity contribution in [1.82, 2.24) is 20.2 Å². The second-order valence-corrected chi connectivity index (χ2v) is 7.41. The van der Waals surface area contributed by atoms with E-state index in [9.17, 15) is 5.11 Å². The van der Waals surface area contributed by atoms with Gasteiger partial charge in [-0.1, -0.05) is 19.8 Å². The standard InChI is InChI=1S/C19H35N5O/c1-4-20-18(23-15-19(3)10-6-5-9-17(19)25)22-11-7-8-13-24-14-12-21-16(24)2/h12,14,17,25H,4-11,13,15H2,1-3H3,(H2,20,22,23). The van der Waals surface area contributed by atoms with Gasteiger partial charge in [-0.05, 0) is 39.5 Å². The van der Waals surface area contributed by atoms with Gasteiger partial charge in [-0.2, -0.15) is 0 Å². The highest BCUT2D eigenvalue weighted by Crippen LogP contribution is 2.36. The molecular formula is C19H35N5O. The lowest BCUT2D eigenvalue weighted by molar-refractivity contribution is 0.00716. The summed E-state index contributed by atoms with van der Waals surface area (Å²) in [6, 6.07) is 0. The highest BCUT2D eigenvalue weighted by Gasteiger charge is 2.35. The smallest absolute Gasteiger partial charge is 0.191 e. The lowest BCUT2D eigenvalue weighted by atomic mass is 9.73. The van der Waals surface area contributed by atoms with E-state index < -0.39 is 0 Å². The molecule has 0 bridgehead atoms. The third-order valence-electron chi connectivity index (χ3n) is 5.26. The van der Waals surface area contributed by atoms with Crippen LogP contribution in [0.3, 0.4) is 0 Å². The quantitative estimate of drug-likeness (QED) is 0.383. The molecule has 1 saturated carbocycles. The van der Waals surface area contributed by atoms with E-state index in [1.54, 1.807) is 0 Å². The minimum absolute atomic E-state index is 0.0838. The van der Waals surface area contributed by atoms with E-state index in [1.807, 2.05) is 19.3 Å². The third kappa shape index (κ3) is 6.03. The molecular weight excluding hydrogens is 314 g/mol. The first-order valence-electron chi connectivity index (χ1n) is 9.73. The molecule has 1 fully saturated rings. The average Bonchev–Trinajstić information content (AvgIpc) is 3.00. The van der Waals surface area contributed by atoms with Crippen molar-refractivity contribution in [3.8, 4) is 0 Å². The van der Waals surface area contributed by atoms with Gasteiger partial charge in [0.2, 0.25) is 0 Å². The monoisotopic (exact) mass is 349 g/mol. The van der Waals surface area contributed by atoms with Gasteiger partial charge >= 0.3 is 0 Å². The van der Waals surface area contributed by atoms with E-state index in [1.165, 1.54) is 6.42 Å². The Labute approximate surface area is 152 Å². The summed E-state index contributed by atoms with van der Waals surface area (Å²) < 4.78 is 2.19. The Morgan fingerprint density at radius 2 is 2.24 bits per heavy atom. The van der Waals surface area contributed by atoms with Crippen LogP contribution in [0.1, 0.15) is 58.2 Å². The summed E-state index contributed by atoms with van der Waals surface area (Å²) >= 11 is 0. The summed E-state index contributed by atoms with van der Waals surface area (Å²) in [6.45, 7) is 9.71. The van der Waals surface area contributed by atoms with Crippen molar-refractivity contribution in [3.05, 3.63) is 18.2 Å². The molecule has 2 atom stereocenters. The van der Waals surface area contributed by atoms with Crippen molar-refractivity contribution in [2.45, 2.75) is 71.9 Å². The first-order chi connectivity index (χ1) is 12.0. The summed E-state index contributed by atoms with van der Waals surface area (Å²) in [4.78, 5) is 8.99. The molecule has 2 rings (SSSR count). The molecule has 0 radical (unpaired) electrons. The van der Waals surface area contributed by atoms with Crippen LogP contribution in [0.5, 0.6) is 0 Å². The van der Waals surface area contributed by atoms with Crippen LogP contribution in [0, 0.1) is 12.3 Å². The molecule has 2 unspecified atom stereocenters. The number of imidazole rings is 1. The number of aliphatic hydroxyl groups excluding tert-OH is 1. The Balaban J connectivity index is 1.74. The van der Waals surface area contributed by atoms with Gasteiger partial charge in [0.15, 0.2) is 5.96 Å². The van der Waals surface area contributed by atoms with E-state index in [0.29, 0.717) is 6.54 Å². The number of nitrogens with one attached hydrogen (secondary N) is 2. The van der Waals surface area contributed by atoms with E-state index in [-0.39, 0.29) is 11.5 Å². The molecule has 0 amide bonds. The third-order valence-corrected chi connectivity index (χ3v) is 5.26. The number of nitrogens with zero attached hydrogens (tertiary/aromatic N) is 3. The van der Waals surface area contributed by atoms with Gasteiger partial charge in [-0.3, -0.25) is 4.99 Å². The van der Waals surface area contributed by atoms with Crippen molar-refractivity contribution < 1.29 is 5.11 Å². The molecule has 0 saturated heterocycles. The van der Waals surface area contributed by atoms with Crippen LogP contribution in [-0.4, -0.2) is 46.4 Å². The molecule has 1 heterocycles. The minimum atomic E-state index is -0.230. The lowest BCUT2D eigenvalue weighted by Crippen LogP contribution is -2.42. The Hall–Kier alpha value is -1.56. The largest absolute Gasteiger partial charge is 0.392 e. The van der Waals surface area contributed by atoms with Gasteiger partial charge in [0, 0.05) is 37.4 Å². The van der Waals surface area contributed by atoms with Crippen LogP contribution in [0.2, 0.25) is 0 Å². The number of rotatable bonds is 8. The normalized spacial score (nSPS) is 24.3. The summed E-state index contributed by atoms with van der Waals surface area (Å²) in [7, 11) is 0. The van der Waals surface area contributed by atoms with Crippen LogP contribution < -0.4 is 10.6 Å². The van der Waals surface area contributed by atoms with Crippen molar-refractivity contribution in [2.75, 3.05) is 19.6 Å². The molecule has 3 N–H and O–H groups in total. The second kappa shape index (κ2) is 9.80. The number of aryl methyl sites for hydroxylation is 2. The number of aliphatic hydroxyl groups is 1. The van der Waals surface area contributed by atoms with Crippen molar-refractivity contribution in [3.63, 3.8) is 0 Å². The second-order valence-electron chi connectivity index (χ2n) is 7.41. The Kier molecular flexibility index (Phi) is 7.75. The van der Waals surface area contributed by atoms with Crippen LogP contribution >= 0.6 is 0 Å². The molecule has 1 aliphatic carbocycles. The highest BCUT2D eigenvalue weighted by molar-refractivity contribution is 5.79. The number of hydrogen-bond acceptors (Lipinski definition) is 3. The minimum Gasteiger partial charge on any atom is -0.392 e. The zero-order valence-corrected chi connectivity index (χ0v) is 16.1. The summed E-state index contributed by atoms with van der Waals surface area (Å²) in [5, 5.41) is 17.0. The molecule has 1 aromatic heterocycles. The predicted molar refractivity (Wildman–Crippen MR) is 103 cm³/mol. The van der Waals surface area contributed by atoms with Crippen LogP contribution in [0.4, 0.5) is 0 Å². The van der Waals surface area contributed by atoms with Crippen LogP contribution in [0.25, 0.3) is 0 Å². The van der Waals surface area contributed by atoms with Crippen LogP contribution in [0.15, 0.2) is 17.4 Å². The average molecular weight is 350 g/mol. The van der Waals surface area contributed by atoms with Crippen molar-refractivity contribution >= 4 is 5.96 Å². The number of hydrogen-bond donors (Lipinski definition) is 3. The fraction of sp³-hybridized carbons (Fsp3) is 0.789. The van der Waals surface area contributed by atoms with E-state index in [0.717, 1.165) is 63.5 Å². The molecule has 0 spiro atoms. The van der Waals surface area contributed by atoms with Crippen molar-refractivity contribution in [2.24, 2.45) is 10.4 Å².